The van der Waals surface area contributed by atoms with E-state index in [2.05, 4.69) is 0 Å². The van der Waals surface area contributed by atoms with Gasteiger partial charge in [-0.2, -0.15) is 13.2 Å². The first-order valence-corrected chi connectivity index (χ1v) is 5.25. The third-order valence-corrected chi connectivity index (χ3v) is 2.65. The first kappa shape index (κ1) is 13.3. The molecule has 0 aliphatic carbocycles. The fourth-order valence-corrected chi connectivity index (χ4v) is 1.72. The highest BCUT2D eigenvalue weighted by atomic mass is 19.4. The molecule has 0 saturated heterocycles. The summed E-state index contributed by atoms with van der Waals surface area (Å²) in [5.74, 6) is -1.92. The van der Waals surface area contributed by atoms with Gasteiger partial charge in [0, 0.05) is 31.2 Å². The molecule has 1 heterocycles. The average Bonchev–Trinajstić information content (AvgIpc) is 2.69. The number of hydrogen-bond acceptors (Lipinski definition) is 3. The second-order valence-electron chi connectivity index (χ2n) is 4.21. The van der Waals surface area contributed by atoms with Gasteiger partial charge in [-0.1, -0.05) is 0 Å². The van der Waals surface area contributed by atoms with Crippen LogP contribution < -0.4 is 4.90 Å². The summed E-state index contributed by atoms with van der Waals surface area (Å²) >= 11 is 0. The van der Waals surface area contributed by atoms with Crippen LogP contribution in [0.3, 0.4) is 0 Å². The molecule has 0 spiro atoms. The molecule has 102 valence electrons. The number of fused-ring (bicyclic) bond motifs is 1. The number of carboxylic acids is 1. The van der Waals surface area contributed by atoms with Crippen LogP contribution in [0.5, 0.6) is 0 Å². The lowest BCUT2D eigenvalue weighted by molar-refractivity contribution is -0.136. The highest BCUT2D eigenvalue weighted by molar-refractivity contribution is 5.94. The van der Waals surface area contributed by atoms with Crippen molar-refractivity contribution in [1.29, 1.82) is 0 Å². The van der Waals surface area contributed by atoms with E-state index < -0.39 is 23.5 Å². The van der Waals surface area contributed by atoms with Gasteiger partial charge in [-0.3, -0.25) is 0 Å². The van der Waals surface area contributed by atoms with Crippen molar-refractivity contribution < 1.29 is 27.5 Å². The van der Waals surface area contributed by atoms with Crippen molar-refractivity contribution in [3.63, 3.8) is 0 Å². The summed E-state index contributed by atoms with van der Waals surface area (Å²) in [5.41, 5.74) is -0.730. The number of aromatic carboxylic acids is 1. The lowest BCUT2D eigenvalue weighted by Gasteiger charge is -2.15. The number of alkyl halides is 3. The summed E-state index contributed by atoms with van der Waals surface area (Å²) in [5, 5.41) is 8.52. The summed E-state index contributed by atoms with van der Waals surface area (Å²) in [4.78, 5) is 12.2. The first-order chi connectivity index (χ1) is 8.70. The molecule has 0 fully saturated rings. The van der Waals surface area contributed by atoms with Gasteiger partial charge < -0.3 is 14.4 Å². The van der Waals surface area contributed by atoms with Crippen LogP contribution in [0.15, 0.2) is 22.6 Å². The summed E-state index contributed by atoms with van der Waals surface area (Å²) in [6.07, 6.45) is -4.58. The maximum atomic E-state index is 13.0. The average molecular weight is 273 g/mol. The molecule has 0 saturated carbocycles. The molecule has 1 aromatic heterocycles. The van der Waals surface area contributed by atoms with Crippen LogP contribution in [0, 0.1) is 0 Å². The van der Waals surface area contributed by atoms with E-state index in [1.54, 1.807) is 14.1 Å². The second kappa shape index (κ2) is 4.18. The van der Waals surface area contributed by atoms with Crippen LogP contribution in [0.25, 0.3) is 11.0 Å². The minimum absolute atomic E-state index is 0.101. The quantitative estimate of drug-likeness (QED) is 0.912. The van der Waals surface area contributed by atoms with Gasteiger partial charge in [0.05, 0.1) is 5.56 Å². The van der Waals surface area contributed by atoms with Crippen molar-refractivity contribution in [2.24, 2.45) is 0 Å². The number of carbonyl (C=O) groups is 1. The highest BCUT2D eigenvalue weighted by Gasteiger charge is 2.34. The first-order valence-electron chi connectivity index (χ1n) is 5.25. The van der Waals surface area contributed by atoms with E-state index in [0.717, 1.165) is 12.1 Å². The predicted molar refractivity (Wildman–Crippen MR) is 62.5 cm³/mol. The number of furan rings is 1. The van der Waals surface area contributed by atoms with Crippen LogP contribution in [0.1, 0.15) is 16.1 Å². The Hall–Kier alpha value is -2.18. The number of anilines is 1. The summed E-state index contributed by atoms with van der Waals surface area (Å²) in [6, 6.07) is 3.22. The van der Waals surface area contributed by atoms with E-state index >= 15 is 0 Å². The van der Waals surface area contributed by atoms with Gasteiger partial charge in [-0.15, -0.1) is 0 Å². The van der Waals surface area contributed by atoms with Gasteiger partial charge in [-0.25, -0.2) is 4.79 Å². The molecule has 2 rings (SSSR count). The largest absolute Gasteiger partial charge is 0.475 e. The van der Waals surface area contributed by atoms with Crippen LogP contribution in [-0.4, -0.2) is 25.2 Å². The van der Waals surface area contributed by atoms with Gasteiger partial charge in [0.1, 0.15) is 5.58 Å². The van der Waals surface area contributed by atoms with Crippen molar-refractivity contribution in [3.8, 4) is 0 Å². The Morgan fingerprint density at radius 1 is 1.26 bits per heavy atom. The number of nitrogens with zero attached hydrogens (tertiary/aromatic N) is 1. The zero-order valence-electron chi connectivity index (χ0n) is 10.1. The number of halogens is 3. The molecule has 0 radical (unpaired) electrons. The number of rotatable bonds is 2. The van der Waals surface area contributed by atoms with Crippen LogP contribution in [0.2, 0.25) is 0 Å². The zero-order chi connectivity index (χ0) is 14.4. The zero-order valence-corrected chi connectivity index (χ0v) is 10.1. The van der Waals surface area contributed by atoms with E-state index in [1.165, 1.54) is 11.0 Å². The molecule has 1 N–H and O–H groups in total. The maximum absolute atomic E-state index is 13.0. The molecule has 0 bridgehead atoms. The van der Waals surface area contributed by atoms with Crippen molar-refractivity contribution in [1.82, 2.24) is 0 Å². The molecule has 0 aliphatic heterocycles. The predicted octanol–water partition coefficient (Wildman–Crippen LogP) is 3.22. The van der Waals surface area contributed by atoms with Crippen molar-refractivity contribution >= 4 is 22.6 Å². The Labute approximate surface area is 106 Å². The standard InChI is InChI=1S/C12H10F3NO3/c1-16(2)6-3-8(12(13,14)15)7-5-10(11(17)18)19-9(7)4-6/h3-5H,1-2H3,(H,17,18). The van der Waals surface area contributed by atoms with Gasteiger partial charge >= 0.3 is 12.1 Å². The molecule has 0 atom stereocenters. The highest BCUT2D eigenvalue weighted by Crippen LogP contribution is 2.38. The third-order valence-electron chi connectivity index (χ3n) is 2.65. The van der Waals surface area contributed by atoms with Crippen LogP contribution in [-0.2, 0) is 6.18 Å². The minimum Gasteiger partial charge on any atom is -0.475 e. The van der Waals surface area contributed by atoms with Crippen LogP contribution >= 0.6 is 0 Å². The number of carboxylic acid groups (broad SMARTS) is 1. The Balaban J connectivity index is 2.79. The fourth-order valence-electron chi connectivity index (χ4n) is 1.72. The fraction of sp³-hybridized carbons (Fsp3) is 0.250. The topological polar surface area (TPSA) is 53.7 Å². The third kappa shape index (κ3) is 2.35. The van der Waals surface area contributed by atoms with Crippen molar-refractivity contribution in [3.05, 3.63) is 29.5 Å². The summed E-state index contributed by atoms with van der Waals surface area (Å²) in [6.45, 7) is 0. The van der Waals surface area contributed by atoms with E-state index in [-0.39, 0.29) is 16.7 Å². The monoisotopic (exact) mass is 273 g/mol. The molecule has 0 aliphatic rings. The minimum atomic E-state index is -4.58. The Morgan fingerprint density at radius 2 is 1.89 bits per heavy atom. The molecular formula is C12H10F3NO3. The molecule has 1 aromatic carbocycles. The molecule has 0 unspecified atom stereocenters. The Morgan fingerprint density at radius 3 is 2.37 bits per heavy atom. The smallest absolute Gasteiger partial charge is 0.417 e. The Kier molecular flexibility index (Phi) is 2.92. The van der Waals surface area contributed by atoms with E-state index in [1.807, 2.05) is 0 Å². The number of benzene rings is 1. The van der Waals surface area contributed by atoms with E-state index in [0.29, 0.717) is 0 Å². The Bertz CT molecular complexity index is 643. The normalized spacial score (nSPS) is 11.8. The lowest BCUT2D eigenvalue weighted by atomic mass is 10.1. The van der Waals surface area contributed by atoms with Gasteiger partial charge in [0.25, 0.3) is 0 Å². The van der Waals surface area contributed by atoms with Gasteiger partial charge in [0.15, 0.2) is 0 Å². The maximum Gasteiger partial charge on any atom is 0.417 e. The van der Waals surface area contributed by atoms with Gasteiger partial charge in [0.2, 0.25) is 5.76 Å². The number of hydrogen-bond donors (Lipinski definition) is 1. The SMILES string of the molecule is CN(C)c1cc(C(F)(F)F)c2cc(C(=O)O)oc2c1. The van der Waals surface area contributed by atoms with E-state index in [9.17, 15) is 18.0 Å². The molecule has 2 aromatic rings. The molecule has 7 heteroatoms. The molecule has 19 heavy (non-hydrogen) atoms. The van der Waals surface area contributed by atoms with Crippen molar-refractivity contribution in [2.75, 3.05) is 19.0 Å². The molecule has 0 amide bonds. The molecular weight excluding hydrogens is 263 g/mol. The molecule has 4 nitrogen and oxygen atoms in total. The van der Waals surface area contributed by atoms with Crippen LogP contribution in [0.4, 0.5) is 18.9 Å². The lowest BCUT2D eigenvalue weighted by Crippen LogP contribution is -2.11. The van der Waals surface area contributed by atoms with E-state index in [4.69, 9.17) is 9.52 Å². The summed E-state index contributed by atoms with van der Waals surface area (Å²) < 4.78 is 43.8. The summed E-state index contributed by atoms with van der Waals surface area (Å²) in [7, 11) is 3.17. The van der Waals surface area contributed by atoms with Crippen molar-refractivity contribution in [2.45, 2.75) is 6.18 Å². The second-order valence-corrected chi connectivity index (χ2v) is 4.21. The van der Waals surface area contributed by atoms with Gasteiger partial charge in [-0.05, 0) is 12.1 Å².